The third-order valence-electron chi connectivity index (χ3n) is 5.24. The van der Waals surface area contributed by atoms with Gasteiger partial charge < -0.3 is 15.7 Å². The highest BCUT2D eigenvalue weighted by Gasteiger charge is 2.56. The number of carbonyl (C=O) groups is 1. The average molecular weight is 322 g/mol. The van der Waals surface area contributed by atoms with Crippen LogP contribution >= 0.6 is 0 Å². The zero-order valence-corrected chi connectivity index (χ0v) is 13.5. The third-order valence-corrected chi connectivity index (χ3v) is 5.24. The number of nitrogens with one attached hydrogen (secondary N) is 2. The lowest BCUT2D eigenvalue weighted by molar-refractivity contribution is 0.240. The maximum Gasteiger partial charge on any atom is 0.315 e. The molecule has 4 nitrogen and oxygen atoms in total. The van der Waals surface area contributed by atoms with Crippen molar-refractivity contribution >= 4 is 6.03 Å². The van der Waals surface area contributed by atoms with E-state index in [1.807, 2.05) is 24.3 Å². The Morgan fingerprint density at radius 3 is 2.62 bits per heavy atom. The SMILES string of the molecule is O=C(NCCc1ccc(CO)cc1)NC1C2Cc3ccccc3C21. The molecule has 2 amide bonds. The van der Waals surface area contributed by atoms with E-state index in [4.69, 9.17) is 5.11 Å². The van der Waals surface area contributed by atoms with E-state index in [2.05, 4.69) is 34.9 Å². The molecule has 2 aliphatic rings. The second-order valence-corrected chi connectivity index (χ2v) is 6.74. The number of fused-ring (bicyclic) bond motifs is 3. The minimum Gasteiger partial charge on any atom is -0.392 e. The van der Waals surface area contributed by atoms with Crippen LogP contribution in [0.1, 0.15) is 28.2 Å². The Morgan fingerprint density at radius 2 is 1.83 bits per heavy atom. The molecule has 0 spiro atoms. The molecule has 3 unspecified atom stereocenters. The number of aliphatic hydroxyl groups excluding tert-OH is 1. The van der Waals surface area contributed by atoms with Gasteiger partial charge in [0.05, 0.1) is 6.61 Å². The van der Waals surface area contributed by atoms with E-state index >= 15 is 0 Å². The molecule has 2 aromatic carbocycles. The molecular weight excluding hydrogens is 300 g/mol. The fourth-order valence-electron chi connectivity index (χ4n) is 3.88. The summed E-state index contributed by atoms with van der Waals surface area (Å²) in [4.78, 5) is 12.1. The van der Waals surface area contributed by atoms with Crippen LogP contribution in [0.4, 0.5) is 4.79 Å². The van der Waals surface area contributed by atoms with Crippen molar-refractivity contribution in [1.29, 1.82) is 0 Å². The Morgan fingerprint density at radius 1 is 1.08 bits per heavy atom. The molecule has 0 aliphatic heterocycles. The average Bonchev–Trinajstić information content (AvgIpc) is 3.12. The predicted molar refractivity (Wildman–Crippen MR) is 92.8 cm³/mol. The first-order valence-corrected chi connectivity index (χ1v) is 8.57. The molecule has 4 rings (SSSR count). The molecule has 2 aliphatic carbocycles. The van der Waals surface area contributed by atoms with Crippen LogP contribution in [0.5, 0.6) is 0 Å². The molecule has 1 saturated carbocycles. The molecule has 0 radical (unpaired) electrons. The van der Waals surface area contributed by atoms with E-state index in [9.17, 15) is 4.79 Å². The van der Waals surface area contributed by atoms with Crippen LogP contribution in [-0.2, 0) is 19.4 Å². The van der Waals surface area contributed by atoms with E-state index in [1.165, 1.54) is 11.1 Å². The minimum atomic E-state index is -0.0705. The van der Waals surface area contributed by atoms with E-state index < -0.39 is 0 Å². The molecule has 2 aromatic rings. The Balaban J connectivity index is 1.23. The van der Waals surface area contributed by atoms with Gasteiger partial charge in [-0.3, -0.25) is 0 Å². The molecule has 0 heterocycles. The van der Waals surface area contributed by atoms with Crippen LogP contribution in [0, 0.1) is 5.92 Å². The van der Waals surface area contributed by atoms with Gasteiger partial charge in [-0.25, -0.2) is 4.79 Å². The first-order chi connectivity index (χ1) is 11.8. The lowest BCUT2D eigenvalue weighted by atomic mass is 10.1. The van der Waals surface area contributed by atoms with Gasteiger partial charge in [0.1, 0.15) is 0 Å². The highest BCUT2D eigenvalue weighted by atomic mass is 16.3. The first kappa shape index (κ1) is 15.2. The number of rotatable bonds is 5. The number of aliphatic hydroxyl groups is 1. The van der Waals surface area contributed by atoms with Crippen LogP contribution < -0.4 is 10.6 Å². The summed E-state index contributed by atoms with van der Waals surface area (Å²) in [6.45, 7) is 0.677. The van der Waals surface area contributed by atoms with Gasteiger partial charge in [-0.2, -0.15) is 0 Å². The number of hydrogen-bond acceptors (Lipinski definition) is 2. The highest BCUT2D eigenvalue weighted by Crippen LogP contribution is 2.56. The quantitative estimate of drug-likeness (QED) is 0.791. The molecular formula is C20H22N2O2. The fraction of sp³-hybridized carbons (Fsp3) is 0.350. The predicted octanol–water partition coefficient (Wildman–Crippen LogP) is 2.36. The van der Waals surface area contributed by atoms with Crippen LogP contribution in [0.25, 0.3) is 0 Å². The van der Waals surface area contributed by atoms with Crippen molar-refractivity contribution in [1.82, 2.24) is 10.6 Å². The summed E-state index contributed by atoms with van der Waals surface area (Å²) in [7, 11) is 0. The Bertz CT molecular complexity index is 742. The molecule has 1 fully saturated rings. The van der Waals surface area contributed by atoms with Crippen molar-refractivity contribution in [3.8, 4) is 0 Å². The number of urea groups is 1. The van der Waals surface area contributed by atoms with E-state index in [0.29, 0.717) is 24.4 Å². The van der Waals surface area contributed by atoms with Gasteiger partial charge >= 0.3 is 6.03 Å². The van der Waals surface area contributed by atoms with E-state index in [-0.39, 0.29) is 12.6 Å². The van der Waals surface area contributed by atoms with Crippen molar-refractivity contribution in [2.24, 2.45) is 5.92 Å². The monoisotopic (exact) mass is 322 g/mol. The number of carbonyl (C=O) groups excluding carboxylic acids is 1. The molecule has 3 atom stereocenters. The third kappa shape index (κ3) is 2.89. The zero-order valence-electron chi connectivity index (χ0n) is 13.5. The van der Waals surface area contributed by atoms with Crippen LogP contribution in [-0.4, -0.2) is 23.7 Å². The Kier molecular flexibility index (Phi) is 3.98. The van der Waals surface area contributed by atoms with E-state index in [1.54, 1.807) is 0 Å². The normalized spacial score (nSPS) is 23.3. The van der Waals surface area contributed by atoms with Crippen molar-refractivity contribution in [3.05, 3.63) is 70.8 Å². The Hall–Kier alpha value is -2.33. The van der Waals surface area contributed by atoms with Gasteiger partial charge in [0.2, 0.25) is 0 Å². The van der Waals surface area contributed by atoms with Crippen molar-refractivity contribution < 1.29 is 9.90 Å². The standard InChI is InChI=1S/C20H22N2O2/c23-12-14-7-5-13(6-8-14)9-10-21-20(24)22-19-17-11-15-3-1-2-4-16(15)18(17)19/h1-8,17-19,23H,9-12H2,(H2,21,22,24). The van der Waals surface area contributed by atoms with Crippen LogP contribution in [0.15, 0.2) is 48.5 Å². The van der Waals surface area contributed by atoms with Gasteiger partial charge in [-0.05, 0) is 41.0 Å². The maximum absolute atomic E-state index is 12.1. The van der Waals surface area contributed by atoms with Gasteiger partial charge in [0.15, 0.2) is 0 Å². The second kappa shape index (κ2) is 6.29. The largest absolute Gasteiger partial charge is 0.392 e. The maximum atomic E-state index is 12.1. The van der Waals surface area contributed by atoms with Gasteiger partial charge in [0.25, 0.3) is 0 Å². The fourth-order valence-corrected chi connectivity index (χ4v) is 3.88. The van der Waals surface area contributed by atoms with Crippen LogP contribution in [0.2, 0.25) is 0 Å². The highest BCUT2D eigenvalue weighted by molar-refractivity contribution is 5.75. The van der Waals surface area contributed by atoms with Gasteiger partial charge in [-0.15, -0.1) is 0 Å². The van der Waals surface area contributed by atoms with Gasteiger partial charge in [-0.1, -0.05) is 48.5 Å². The lowest BCUT2D eigenvalue weighted by Crippen LogP contribution is -2.39. The smallest absolute Gasteiger partial charge is 0.315 e. The number of amides is 2. The lowest BCUT2D eigenvalue weighted by Gasteiger charge is -2.11. The van der Waals surface area contributed by atoms with Crippen molar-refractivity contribution in [2.45, 2.75) is 31.4 Å². The summed E-state index contributed by atoms with van der Waals surface area (Å²) in [5.41, 5.74) is 4.92. The molecule has 0 bridgehead atoms. The number of hydrogen-bond donors (Lipinski definition) is 3. The van der Waals surface area contributed by atoms with E-state index in [0.717, 1.165) is 24.0 Å². The minimum absolute atomic E-state index is 0.0633. The summed E-state index contributed by atoms with van der Waals surface area (Å²) in [6.07, 6.45) is 1.88. The van der Waals surface area contributed by atoms with Crippen molar-refractivity contribution in [2.75, 3.05) is 6.54 Å². The second-order valence-electron chi connectivity index (χ2n) is 6.74. The molecule has 0 aromatic heterocycles. The Labute approximate surface area is 141 Å². The summed E-state index contributed by atoms with van der Waals surface area (Å²) in [5, 5.41) is 15.1. The first-order valence-electron chi connectivity index (χ1n) is 8.57. The molecule has 24 heavy (non-hydrogen) atoms. The zero-order chi connectivity index (χ0) is 16.5. The molecule has 0 saturated heterocycles. The molecule has 124 valence electrons. The van der Waals surface area contributed by atoms with Crippen molar-refractivity contribution in [3.63, 3.8) is 0 Å². The summed E-state index contributed by atoms with van der Waals surface area (Å²) < 4.78 is 0. The molecule has 4 heteroatoms. The van der Waals surface area contributed by atoms with Gasteiger partial charge in [0, 0.05) is 18.5 Å². The van der Waals surface area contributed by atoms with Crippen LogP contribution in [0.3, 0.4) is 0 Å². The molecule has 3 N–H and O–H groups in total. The summed E-state index contributed by atoms with van der Waals surface area (Å²) in [5.74, 6) is 1.09. The summed E-state index contributed by atoms with van der Waals surface area (Å²) in [6, 6.07) is 16.6. The summed E-state index contributed by atoms with van der Waals surface area (Å²) >= 11 is 0. The topological polar surface area (TPSA) is 61.4 Å². The number of benzene rings is 2.